The summed E-state index contributed by atoms with van der Waals surface area (Å²) in [6.45, 7) is 2.79. The van der Waals surface area contributed by atoms with Crippen molar-refractivity contribution in [2.24, 2.45) is 5.92 Å². The number of quaternary nitrogens is 1. The standard InChI is InChI=1S/C29H31BrN2OS/c30-25-18-34-27-23(25)12-7-14-29(27)19-31-17-24(29)28(33)32-15-13-22(20-8-3-1-4-9-20)16-26(32)21-10-5-2-6-11-21/h1-6,8-11,18,22,24,26,31H,7,12-17,19H2/p+1/t22-,24+,26+,29-/m1/s1. The van der Waals surface area contributed by atoms with Gasteiger partial charge in [-0.3, -0.25) is 4.79 Å². The lowest BCUT2D eigenvalue weighted by molar-refractivity contribution is -0.640. The number of amides is 1. The van der Waals surface area contributed by atoms with Crippen LogP contribution in [-0.4, -0.2) is 30.4 Å². The van der Waals surface area contributed by atoms with Gasteiger partial charge in [-0.15, -0.1) is 11.3 Å². The molecule has 6 rings (SSSR count). The Morgan fingerprint density at radius 1 is 1.06 bits per heavy atom. The minimum absolute atomic E-state index is 0.00112. The number of halogens is 1. The van der Waals surface area contributed by atoms with Crippen LogP contribution in [-0.2, 0) is 16.6 Å². The molecule has 2 saturated heterocycles. The fourth-order valence-electron chi connectivity index (χ4n) is 6.89. The Morgan fingerprint density at radius 3 is 2.56 bits per heavy atom. The van der Waals surface area contributed by atoms with E-state index in [1.165, 1.54) is 32.5 Å². The van der Waals surface area contributed by atoms with E-state index in [4.69, 9.17) is 0 Å². The molecule has 34 heavy (non-hydrogen) atoms. The number of likely N-dealkylation sites (tertiary alicyclic amines) is 1. The normalized spacial score (nSPS) is 28.7. The molecule has 0 bridgehead atoms. The number of fused-ring (bicyclic) bond motifs is 2. The van der Waals surface area contributed by atoms with Crippen molar-refractivity contribution < 1.29 is 10.1 Å². The molecule has 3 nitrogen and oxygen atoms in total. The fourth-order valence-corrected chi connectivity index (χ4v) is 8.98. The van der Waals surface area contributed by atoms with Crippen molar-refractivity contribution >= 4 is 33.2 Å². The summed E-state index contributed by atoms with van der Waals surface area (Å²) in [6, 6.07) is 21.8. The van der Waals surface area contributed by atoms with Crippen LogP contribution in [0.2, 0.25) is 0 Å². The van der Waals surface area contributed by atoms with Gasteiger partial charge in [0.15, 0.2) is 0 Å². The summed E-state index contributed by atoms with van der Waals surface area (Å²) in [5, 5.41) is 4.65. The second kappa shape index (κ2) is 9.25. The van der Waals surface area contributed by atoms with Crippen molar-refractivity contribution in [3.63, 3.8) is 0 Å². The van der Waals surface area contributed by atoms with Gasteiger partial charge >= 0.3 is 0 Å². The summed E-state index contributed by atoms with van der Waals surface area (Å²) in [5.74, 6) is 0.942. The molecule has 3 aliphatic rings. The molecule has 3 aromatic rings. The third-order valence-electron chi connectivity index (χ3n) is 8.56. The maximum Gasteiger partial charge on any atom is 0.233 e. The van der Waals surface area contributed by atoms with Gasteiger partial charge < -0.3 is 10.2 Å². The molecule has 0 unspecified atom stereocenters. The summed E-state index contributed by atoms with van der Waals surface area (Å²) in [7, 11) is 0. The number of carbonyl (C=O) groups excluding carboxylic acids is 1. The number of nitrogens with two attached hydrogens (primary N) is 1. The average molecular weight is 537 g/mol. The molecule has 4 atom stereocenters. The molecule has 2 aromatic carbocycles. The van der Waals surface area contributed by atoms with Crippen LogP contribution in [0, 0.1) is 5.92 Å². The monoisotopic (exact) mass is 535 g/mol. The number of hydrogen-bond acceptors (Lipinski definition) is 2. The highest BCUT2D eigenvalue weighted by Gasteiger charge is 2.55. The molecule has 1 spiro atoms. The van der Waals surface area contributed by atoms with Crippen LogP contribution in [0.4, 0.5) is 0 Å². The quantitative estimate of drug-likeness (QED) is 0.477. The van der Waals surface area contributed by atoms with Crippen molar-refractivity contribution in [2.45, 2.75) is 49.5 Å². The largest absolute Gasteiger partial charge is 0.345 e. The minimum Gasteiger partial charge on any atom is -0.345 e. The van der Waals surface area contributed by atoms with Crippen molar-refractivity contribution in [2.75, 3.05) is 19.6 Å². The molecule has 5 heteroatoms. The molecule has 1 amide bonds. The molecule has 1 aliphatic carbocycles. The highest BCUT2D eigenvalue weighted by molar-refractivity contribution is 9.10. The minimum atomic E-state index is -0.00112. The zero-order valence-corrected chi connectivity index (χ0v) is 21.9. The summed E-state index contributed by atoms with van der Waals surface area (Å²) >= 11 is 5.66. The number of hydrogen-bond donors (Lipinski definition) is 1. The lowest BCUT2D eigenvalue weighted by Gasteiger charge is -2.43. The smallest absolute Gasteiger partial charge is 0.233 e. The first-order chi connectivity index (χ1) is 16.7. The maximum absolute atomic E-state index is 14.4. The number of carbonyl (C=O) groups is 1. The number of rotatable bonds is 3. The molecule has 2 aliphatic heterocycles. The molecule has 0 saturated carbocycles. The van der Waals surface area contributed by atoms with Gasteiger partial charge in [0.2, 0.25) is 5.91 Å². The highest BCUT2D eigenvalue weighted by atomic mass is 79.9. The van der Waals surface area contributed by atoms with Gasteiger partial charge in [0.25, 0.3) is 0 Å². The zero-order valence-electron chi connectivity index (χ0n) is 19.5. The molecular formula is C29H32BrN2OS+. The van der Waals surface area contributed by atoms with E-state index < -0.39 is 0 Å². The Kier molecular flexibility index (Phi) is 6.13. The van der Waals surface area contributed by atoms with Crippen LogP contribution in [0.5, 0.6) is 0 Å². The average Bonchev–Trinajstić information content (AvgIpc) is 3.49. The van der Waals surface area contributed by atoms with E-state index in [1.807, 2.05) is 11.3 Å². The Morgan fingerprint density at radius 2 is 1.79 bits per heavy atom. The van der Waals surface area contributed by atoms with E-state index >= 15 is 0 Å². The summed E-state index contributed by atoms with van der Waals surface area (Å²) in [4.78, 5) is 18.2. The van der Waals surface area contributed by atoms with Gasteiger partial charge in [0.05, 0.1) is 24.5 Å². The third-order valence-corrected chi connectivity index (χ3v) is 10.8. The van der Waals surface area contributed by atoms with Crippen LogP contribution in [0.25, 0.3) is 0 Å². The fraction of sp³-hybridized carbons (Fsp3) is 0.414. The first kappa shape index (κ1) is 22.5. The molecule has 176 valence electrons. The van der Waals surface area contributed by atoms with E-state index in [0.717, 1.165) is 45.3 Å². The third kappa shape index (κ3) is 3.77. The predicted octanol–water partition coefficient (Wildman–Crippen LogP) is 5.43. The Hall–Kier alpha value is -1.95. The molecule has 2 N–H and O–H groups in total. The topological polar surface area (TPSA) is 36.9 Å². The van der Waals surface area contributed by atoms with Crippen molar-refractivity contribution in [3.8, 4) is 0 Å². The molecule has 2 fully saturated rings. The van der Waals surface area contributed by atoms with Crippen LogP contribution in [0.3, 0.4) is 0 Å². The predicted molar refractivity (Wildman–Crippen MR) is 141 cm³/mol. The molecule has 1 aromatic heterocycles. The molecular weight excluding hydrogens is 504 g/mol. The second-order valence-electron chi connectivity index (χ2n) is 10.3. The van der Waals surface area contributed by atoms with Crippen molar-refractivity contribution in [3.05, 3.63) is 92.1 Å². The molecule has 0 radical (unpaired) electrons. The van der Waals surface area contributed by atoms with Gasteiger partial charge in [0, 0.05) is 21.3 Å². The van der Waals surface area contributed by atoms with E-state index in [-0.39, 0.29) is 17.4 Å². The first-order valence-electron chi connectivity index (χ1n) is 12.7. The van der Waals surface area contributed by atoms with Crippen LogP contribution in [0.1, 0.15) is 59.2 Å². The summed E-state index contributed by atoms with van der Waals surface area (Å²) in [6.07, 6.45) is 5.49. The van der Waals surface area contributed by atoms with Gasteiger partial charge in [-0.25, -0.2) is 0 Å². The number of piperidine rings is 1. The van der Waals surface area contributed by atoms with E-state index in [2.05, 4.69) is 92.2 Å². The van der Waals surface area contributed by atoms with Crippen molar-refractivity contribution in [1.29, 1.82) is 0 Å². The zero-order chi connectivity index (χ0) is 23.1. The SMILES string of the molecule is O=C([C@@H]1C[NH2+]C[C@]12CCCc1c(Br)csc12)N1CC[C@@H](c2ccccc2)C[C@H]1c1ccccc1. The number of thiophene rings is 1. The molecule has 3 heterocycles. The Bertz CT molecular complexity index is 1160. The number of nitrogens with zero attached hydrogens (tertiary/aromatic N) is 1. The van der Waals surface area contributed by atoms with Gasteiger partial charge in [-0.2, -0.15) is 0 Å². The highest BCUT2D eigenvalue weighted by Crippen LogP contribution is 2.50. The summed E-state index contributed by atoms with van der Waals surface area (Å²) < 4.78 is 1.25. The van der Waals surface area contributed by atoms with Gasteiger partial charge in [-0.1, -0.05) is 60.7 Å². The number of benzene rings is 2. The van der Waals surface area contributed by atoms with Crippen molar-refractivity contribution in [1.82, 2.24) is 4.90 Å². The van der Waals surface area contributed by atoms with Gasteiger partial charge in [0.1, 0.15) is 5.92 Å². The van der Waals surface area contributed by atoms with E-state index in [0.29, 0.717) is 11.8 Å². The second-order valence-corrected chi connectivity index (χ2v) is 12.0. The van der Waals surface area contributed by atoms with Crippen LogP contribution < -0.4 is 5.32 Å². The van der Waals surface area contributed by atoms with Crippen LogP contribution in [0.15, 0.2) is 70.5 Å². The maximum atomic E-state index is 14.4. The van der Waals surface area contributed by atoms with E-state index in [9.17, 15) is 4.79 Å². The lowest BCUT2D eigenvalue weighted by atomic mass is 9.68. The van der Waals surface area contributed by atoms with Gasteiger partial charge in [-0.05, 0) is 70.6 Å². The van der Waals surface area contributed by atoms with E-state index in [1.54, 1.807) is 0 Å². The summed E-state index contributed by atoms with van der Waals surface area (Å²) in [5.41, 5.74) is 4.14. The lowest BCUT2D eigenvalue weighted by Crippen LogP contribution is -2.82. The first-order valence-corrected chi connectivity index (χ1v) is 14.3. The van der Waals surface area contributed by atoms with Crippen LogP contribution >= 0.6 is 27.3 Å². The Balaban J connectivity index is 1.34. The Labute approximate surface area is 214 Å².